The first-order valence-electron chi connectivity index (χ1n) is 4.44. The second-order valence-corrected chi connectivity index (χ2v) is 3.16. The fourth-order valence-electron chi connectivity index (χ4n) is 0.917. The number of esters is 1. The molecule has 4 heteroatoms. The quantitative estimate of drug-likeness (QED) is 0.415. The third-order valence-corrected chi connectivity index (χ3v) is 1.99. The molecule has 0 aliphatic rings. The molecule has 0 bridgehead atoms. The fourth-order valence-corrected chi connectivity index (χ4v) is 1.02. The number of aromatic nitrogens is 1. The monoisotopic (exact) mass is 223 g/mol. The zero-order chi connectivity index (χ0) is 11.3. The van der Waals surface area contributed by atoms with E-state index >= 15 is 0 Å². The molecule has 0 spiro atoms. The first kappa shape index (κ1) is 11.5. The summed E-state index contributed by atoms with van der Waals surface area (Å²) in [4.78, 5) is 14.8. The van der Waals surface area contributed by atoms with Crippen molar-refractivity contribution in [2.75, 3.05) is 6.61 Å². The van der Waals surface area contributed by atoms with E-state index in [1.54, 1.807) is 13.0 Å². The molecule has 0 aromatic carbocycles. The minimum absolute atomic E-state index is 0.325. The number of pyridine rings is 1. The van der Waals surface area contributed by atoms with Crippen LogP contribution in [0.1, 0.15) is 18.1 Å². The van der Waals surface area contributed by atoms with E-state index in [1.807, 2.05) is 6.92 Å². The van der Waals surface area contributed by atoms with Gasteiger partial charge in [-0.25, -0.2) is 9.78 Å². The fraction of sp³-hybridized carbons (Fsp3) is 0.273. The molecule has 0 atom stereocenters. The van der Waals surface area contributed by atoms with Crippen molar-refractivity contribution in [3.63, 3.8) is 0 Å². The number of nitrogens with zero attached hydrogens (tertiary/aromatic N) is 1. The summed E-state index contributed by atoms with van der Waals surface area (Å²) >= 11 is 5.74. The second kappa shape index (κ2) is 5.38. The molecule has 15 heavy (non-hydrogen) atoms. The molecular weight excluding hydrogens is 214 g/mol. The van der Waals surface area contributed by atoms with Crippen LogP contribution < -0.4 is 0 Å². The highest BCUT2D eigenvalue weighted by molar-refractivity contribution is 6.30. The van der Waals surface area contributed by atoms with Crippen molar-refractivity contribution in [3.05, 3.63) is 28.5 Å². The van der Waals surface area contributed by atoms with Crippen LogP contribution in [0.5, 0.6) is 0 Å². The van der Waals surface area contributed by atoms with Crippen LogP contribution in [0, 0.1) is 18.8 Å². The van der Waals surface area contributed by atoms with Crippen LogP contribution in [0.3, 0.4) is 0 Å². The Morgan fingerprint density at radius 2 is 2.40 bits per heavy atom. The lowest BCUT2D eigenvalue weighted by Crippen LogP contribution is -1.99. The largest absolute Gasteiger partial charge is 0.456 e. The molecule has 0 fully saturated rings. The standard InChI is InChI=1S/C11H10ClNO2/c1-3-15-10(14)5-4-9-6-8(2)11(12)13-7-9/h6-7H,3H2,1-2H3. The molecule has 1 aromatic heterocycles. The molecule has 0 saturated carbocycles. The van der Waals surface area contributed by atoms with E-state index in [0.717, 1.165) is 5.56 Å². The maximum Gasteiger partial charge on any atom is 0.384 e. The Labute approximate surface area is 93.4 Å². The Balaban J connectivity index is 2.80. The van der Waals surface area contributed by atoms with Gasteiger partial charge in [-0.3, -0.25) is 0 Å². The van der Waals surface area contributed by atoms with Gasteiger partial charge >= 0.3 is 5.97 Å². The van der Waals surface area contributed by atoms with Gasteiger partial charge in [0, 0.05) is 17.7 Å². The normalized spacial score (nSPS) is 9.00. The van der Waals surface area contributed by atoms with Crippen LogP contribution >= 0.6 is 11.6 Å². The Bertz CT molecular complexity index is 432. The highest BCUT2D eigenvalue weighted by Gasteiger charge is 1.97. The minimum atomic E-state index is -0.537. The van der Waals surface area contributed by atoms with Crippen LogP contribution in [0.25, 0.3) is 0 Å². The number of aryl methyl sites for hydroxylation is 1. The predicted molar refractivity (Wildman–Crippen MR) is 57.5 cm³/mol. The molecule has 3 nitrogen and oxygen atoms in total. The van der Waals surface area contributed by atoms with Crippen molar-refractivity contribution in [2.24, 2.45) is 0 Å². The van der Waals surface area contributed by atoms with Crippen LogP contribution in [0.4, 0.5) is 0 Å². The molecule has 0 radical (unpaired) electrons. The highest BCUT2D eigenvalue weighted by atomic mass is 35.5. The molecule has 1 heterocycles. The average molecular weight is 224 g/mol. The number of carbonyl (C=O) groups is 1. The van der Waals surface area contributed by atoms with Crippen molar-refractivity contribution in [3.8, 4) is 11.8 Å². The summed E-state index contributed by atoms with van der Waals surface area (Å²) in [5.74, 6) is 4.47. The van der Waals surface area contributed by atoms with Gasteiger partial charge < -0.3 is 4.74 Å². The van der Waals surface area contributed by atoms with Crippen LogP contribution in [0.15, 0.2) is 12.3 Å². The summed E-state index contributed by atoms with van der Waals surface area (Å²) in [5.41, 5.74) is 1.47. The zero-order valence-electron chi connectivity index (χ0n) is 8.50. The summed E-state index contributed by atoms with van der Waals surface area (Å²) in [6.07, 6.45) is 1.52. The number of hydrogen-bond acceptors (Lipinski definition) is 3. The first-order chi connectivity index (χ1) is 7.13. The van der Waals surface area contributed by atoms with Gasteiger partial charge in [0.1, 0.15) is 5.15 Å². The molecule has 0 unspecified atom stereocenters. The molecule has 0 N–H and O–H groups in total. The Hall–Kier alpha value is -1.53. The summed E-state index contributed by atoms with van der Waals surface area (Å²) in [6.45, 7) is 3.88. The summed E-state index contributed by atoms with van der Waals surface area (Å²) < 4.78 is 4.66. The molecular formula is C11H10ClNO2. The van der Waals surface area contributed by atoms with Gasteiger partial charge in [0.05, 0.1) is 6.61 Å². The topological polar surface area (TPSA) is 39.2 Å². The molecule has 0 saturated heterocycles. The molecule has 78 valence electrons. The van der Waals surface area contributed by atoms with E-state index in [0.29, 0.717) is 17.3 Å². The minimum Gasteiger partial charge on any atom is -0.456 e. The predicted octanol–water partition coefficient (Wildman–Crippen LogP) is 1.96. The van der Waals surface area contributed by atoms with E-state index in [1.165, 1.54) is 6.20 Å². The summed E-state index contributed by atoms with van der Waals surface area (Å²) in [7, 11) is 0. The van der Waals surface area contributed by atoms with E-state index in [-0.39, 0.29) is 0 Å². The van der Waals surface area contributed by atoms with Crippen molar-refractivity contribution in [1.29, 1.82) is 0 Å². The van der Waals surface area contributed by atoms with Crippen LogP contribution in [-0.4, -0.2) is 17.6 Å². The molecule has 0 aliphatic heterocycles. The Morgan fingerprint density at radius 1 is 1.67 bits per heavy atom. The zero-order valence-corrected chi connectivity index (χ0v) is 9.26. The van der Waals surface area contributed by atoms with Gasteiger partial charge in [-0.2, -0.15) is 0 Å². The van der Waals surface area contributed by atoms with E-state index in [9.17, 15) is 4.79 Å². The third kappa shape index (κ3) is 3.61. The Kier molecular flexibility index (Phi) is 4.14. The average Bonchev–Trinajstić information content (AvgIpc) is 2.20. The van der Waals surface area contributed by atoms with Gasteiger partial charge in [-0.15, -0.1) is 0 Å². The lowest BCUT2D eigenvalue weighted by Gasteiger charge is -1.96. The van der Waals surface area contributed by atoms with Gasteiger partial charge in [0.15, 0.2) is 0 Å². The molecule has 1 aromatic rings. The first-order valence-corrected chi connectivity index (χ1v) is 4.82. The number of hydrogen-bond donors (Lipinski definition) is 0. The summed E-state index contributed by atoms with van der Waals surface area (Å²) in [5, 5.41) is 0.441. The molecule has 1 rings (SSSR count). The summed E-state index contributed by atoms with van der Waals surface area (Å²) in [6, 6.07) is 1.77. The smallest absolute Gasteiger partial charge is 0.384 e. The Morgan fingerprint density at radius 3 is 3.00 bits per heavy atom. The lowest BCUT2D eigenvalue weighted by molar-refractivity contribution is -0.136. The van der Waals surface area contributed by atoms with E-state index in [2.05, 4.69) is 21.6 Å². The number of rotatable bonds is 1. The second-order valence-electron chi connectivity index (χ2n) is 2.80. The maximum atomic E-state index is 10.9. The van der Waals surface area contributed by atoms with Crippen LogP contribution in [0.2, 0.25) is 5.15 Å². The highest BCUT2D eigenvalue weighted by Crippen LogP contribution is 2.11. The van der Waals surface area contributed by atoms with Crippen LogP contribution in [-0.2, 0) is 9.53 Å². The van der Waals surface area contributed by atoms with Gasteiger partial charge in [0.2, 0.25) is 0 Å². The lowest BCUT2D eigenvalue weighted by atomic mass is 10.2. The van der Waals surface area contributed by atoms with Crippen molar-refractivity contribution >= 4 is 17.6 Å². The van der Waals surface area contributed by atoms with Gasteiger partial charge in [-0.1, -0.05) is 17.5 Å². The van der Waals surface area contributed by atoms with Gasteiger partial charge in [0.25, 0.3) is 0 Å². The number of carbonyl (C=O) groups excluding carboxylic acids is 1. The van der Waals surface area contributed by atoms with E-state index in [4.69, 9.17) is 11.6 Å². The third-order valence-electron chi connectivity index (χ3n) is 1.60. The van der Waals surface area contributed by atoms with Crippen molar-refractivity contribution < 1.29 is 9.53 Å². The van der Waals surface area contributed by atoms with Gasteiger partial charge in [-0.05, 0) is 25.5 Å². The van der Waals surface area contributed by atoms with Crippen molar-refractivity contribution in [1.82, 2.24) is 4.98 Å². The molecule has 0 aliphatic carbocycles. The SMILES string of the molecule is CCOC(=O)C#Cc1cnc(Cl)c(C)c1. The van der Waals surface area contributed by atoms with Crippen molar-refractivity contribution in [2.45, 2.75) is 13.8 Å². The molecule has 0 amide bonds. The number of halogens is 1. The van der Waals surface area contributed by atoms with E-state index < -0.39 is 5.97 Å². The maximum absolute atomic E-state index is 10.9. The number of ether oxygens (including phenoxy) is 1.